The van der Waals surface area contributed by atoms with Crippen LogP contribution in [0.4, 0.5) is 8.78 Å². The van der Waals surface area contributed by atoms with E-state index in [1.807, 2.05) is 0 Å². The molecule has 4 aliphatic carbocycles. The van der Waals surface area contributed by atoms with Crippen LogP contribution in [0.5, 0.6) is 0 Å². The summed E-state index contributed by atoms with van der Waals surface area (Å²) < 4.78 is 44.2. The van der Waals surface area contributed by atoms with E-state index in [-0.39, 0.29) is 37.9 Å². The first-order chi connectivity index (χ1) is 17.8. The number of alkyl halides is 2. The molecule has 7 nitrogen and oxygen atoms in total. The third kappa shape index (κ3) is 3.41. The predicted octanol–water partition coefficient (Wildman–Crippen LogP) is 3.82. The summed E-state index contributed by atoms with van der Waals surface area (Å²) in [6.07, 6.45) is 0.586. The highest BCUT2D eigenvalue weighted by Crippen LogP contribution is 2.72. The molecule has 1 N–H and O–H groups in total. The van der Waals surface area contributed by atoms with Gasteiger partial charge in [0.2, 0.25) is 5.12 Å². The molecule has 5 rings (SSSR count). The Morgan fingerprint density at radius 3 is 2.58 bits per heavy atom. The van der Waals surface area contributed by atoms with Gasteiger partial charge in [-0.2, -0.15) is 0 Å². The Labute approximate surface area is 224 Å². The molecule has 0 amide bonds. The first kappa shape index (κ1) is 27.5. The number of hydrogen-bond donors (Lipinski definition) is 1. The molecule has 5 aliphatic rings. The minimum atomic E-state index is -2.31. The maximum Gasteiger partial charge on any atom is 0.319 e. The molecule has 0 aromatic rings. The van der Waals surface area contributed by atoms with Crippen molar-refractivity contribution in [1.82, 2.24) is 0 Å². The molecule has 0 bridgehead atoms. The van der Waals surface area contributed by atoms with Crippen molar-refractivity contribution in [1.29, 1.82) is 0 Å². The summed E-state index contributed by atoms with van der Waals surface area (Å²) in [6.45, 7) is 6.78. The van der Waals surface area contributed by atoms with Gasteiger partial charge in [-0.3, -0.25) is 19.2 Å². The molecular formula is C28H34F2O7S. The third-order valence-electron chi connectivity index (χ3n) is 10.2. The minimum absolute atomic E-state index is 0.00469. The molecule has 0 radical (unpaired) electrons. The molecule has 0 spiro atoms. The predicted molar refractivity (Wildman–Crippen MR) is 134 cm³/mol. The first-order valence-corrected chi connectivity index (χ1v) is 14.2. The molecule has 4 fully saturated rings. The number of cyclic esters (lactones) is 1. The van der Waals surface area contributed by atoms with Crippen LogP contribution in [0.15, 0.2) is 23.8 Å². The first-order valence-electron chi connectivity index (χ1n) is 13.3. The van der Waals surface area contributed by atoms with E-state index in [1.165, 1.54) is 19.1 Å². The van der Waals surface area contributed by atoms with Crippen molar-refractivity contribution in [2.75, 3.05) is 6.61 Å². The minimum Gasteiger partial charge on any atom is -0.465 e. The van der Waals surface area contributed by atoms with E-state index in [4.69, 9.17) is 9.47 Å². The maximum absolute atomic E-state index is 17.4. The second kappa shape index (κ2) is 8.98. The van der Waals surface area contributed by atoms with Crippen molar-refractivity contribution in [3.63, 3.8) is 0 Å². The molecule has 10 atom stereocenters. The Kier molecular flexibility index (Phi) is 6.50. The zero-order chi connectivity index (χ0) is 27.8. The van der Waals surface area contributed by atoms with Crippen LogP contribution >= 0.6 is 11.8 Å². The standard InChI is InChI=1S/C28H34F2O7S/c1-5-22(33)37-28(24(35)38-20-7-9-36-23(20)34)14(2)10-16-17-12-19(29)18-11-15(31)6-8-25(18,3)27(17,30)21(32)13-26(16,28)4/h6,8,11,14,16-17,19-21,32H,5,7,9-10,12-13H2,1-4H3. The lowest BCUT2D eigenvalue weighted by Gasteiger charge is -2.63. The van der Waals surface area contributed by atoms with E-state index in [0.717, 1.165) is 17.8 Å². The maximum atomic E-state index is 17.4. The van der Waals surface area contributed by atoms with Crippen LogP contribution in [0.1, 0.15) is 59.8 Å². The summed E-state index contributed by atoms with van der Waals surface area (Å²) >= 11 is 0.772. The number of thioether (sulfide) groups is 1. The van der Waals surface area contributed by atoms with Gasteiger partial charge in [0, 0.05) is 35.5 Å². The number of allylic oxidation sites excluding steroid dienone is 4. The molecule has 10 heteroatoms. The smallest absolute Gasteiger partial charge is 0.319 e. The van der Waals surface area contributed by atoms with Gasteiger partial charge in [0.05, 0.1) is 12.7 Å². The number of fused-ring (bicyclic) bond motifs is 5. The monoisotopic (exact) mass is 552 g/mol. The Morgan fingerprint density at radius 1 is 1.24 bits per heavy atom. The van der Waals surface area contributed by atoms with E-state index in [2.05, 4.69) is 0 Å². The molecule has 3 saturated carbocycles. The van der Waals surface area contributed by atoms with Crippen LogP contribution in [0.2, 0.25) is 0 Å². The Balaban J connectivity index is 1.61. The zero-order valence-corrected chi connectivity index (χ0v) is 22.8. The molecule has 1 heterocycles. The highest BCUT2D eigenvalue weighted by atomic mass is 32.2. The molecule has 208 valence electrons. The summed E-state index contributed by atoms with van der Waals surface area (Å²) in [4.78, 5) is 51.1. The van der Waals surface area contributed by atoms with Crippen LogP contribution in [-0.2, 0) is 28.7 Å². The van der Waals surface area contributed by atoms with Crippen molar-refractivity contribution < 1.29 is 42.5 Å². The fourth-order valence-electron chi connectivity index (χ4n) is 8.27. The molecule has 10 unspecified atom stereocenters. The summed E-state index contributed by atoms with van der Waals surface area (Å²) in [5.41, 5.74) is -6.81. The second-order valence-corrected chi connectivity index (χ2v) is 13.1. The lowest BCUT2D eigenvalue weighted by molar-refractivity contribution is -0.228. The van der Waals surface area contributed by atoms with Gasteiger partial charge >= 0.3 is 11.9 Å². The molecule has 38 heavy (non-hydrogen) atoms. The topological polar surface area (TPSA) is 107 Å². The number of halogens is 2. The van der Waals surface area contributed by atoms with Gasteiger partial charge in [-0.25, -0.2) is 8.78 Å². The van der Waals surface area contributed by atoms with Crippen molar-refractivity contribution in [3.05, 3.63) is 23.8 Å². The summed E-state index contributed by atoms with van der Waals surface area (Å²) in [6, 6.07) is 0. The summed E-state index contributed by atoms with van der Waals surface area (Å²) in [5.74, 6) is -3.76. The quantitative estimate of drug-likeness (QED) is 0.525. The van der Waals surface area contributed by atoms with E-state index in [9.17, 15) is 24.3 Å². The summed E-state index contributed by atoms with van der Waals surface area (Å²) in [7, 11) is 0. The number of carbonyl (C=O) groups is 4. The lowest BCUT2D eigenvalue weighted by atomic mass is 9.44. The van der Waals surface area contributed by atoms with E-state index < -0.39 is 80.2 Å². The largest absolute Gasteiger partial charge is 0.465 e. The second-order valence-electron chi connectivity index (χ2n) is 11.9. The third-order valence-corrected chi connectivity index (χ3v) is 11.4. The van der Waals surface area contributed by atoms with Crippen LogP contribution in [0.3, 0.4) is 0 Å². The van der Waals surface area contributed by atoms with Crippen LogP contribution in [0.25, 0.3) is 0 Å². The average Bonchev–Trinajstić information content (AvgIpc) is 3.35. The van der Waals surface area contributed by atoms with Crippen molar-refractivity contribution in [3.8, 4) is 0 Å². The number of carbonyl (C=O) groups excluding carboxylic acids is 4. The van der Waals surface area contributed by atoms with Gasteiger partial charge in [0.15, 0.2) is 17.1 Å². The fourth-order valence-corrected chi connectivity index (χ4v) is 9.56. The van der Waals surface area contributed by atoms with E-state index >= 15 is 8.78 Å². The molecule has 0 aromatic heterocycles. The van der Waals surface area contributed by atoms with Gasteiger partial charge < -0.3 is 14.6 Å². The van der Waals surface area contributed by atoms with Crippen molar-refractivity contribution >= 4 is 34.6 Å². The van der Waals surface area contributed by atoms with Crippen molar-refractivity contribution in [2.24, 2.45) is 28.6 Å². The van der Waals surface area contributed by atoms with Crippen molar-refractivity contribution in [2.45, 2.75) is 88.6 Å². The number of aliphatic hydroxyl groups excluding tert-OH is 1. The van der Waals surface area contributed by atoms with Gasteiger partial charge in [-0.15, -0.1) is 0 Å². The fraction of sp³-hybridized carbons (Fsp3) is 0.714. The highest BCUT2D eigenvalue weighted by molar-refractivity contribution is 8.14. The molecular weight excluding hydrogens is 518 g/mol. The van der Waals surface area contributed by atoms with Crippen LogP contribution in [0, 0.1) is 28.6 Å². The van der Waals surface area contributed by atoms with Crippen LogP contribution in [-0.4, -0.2) is 63.3 Å². The Morgan fingerprint density at radius 2 is 1.95 bits per heavy atom. The van der Waals surface area contributed by atoms with Gasteiger partial charge in [-0.05, 0) is 49.8 Å². The van der Waals surface area contributed by atoms with Gasteiger partial charge in [0.1, 0.15) is 11.4 Å². The average molecular weight is 553 g/mol. The van der Waals surface area contributed by atoms with Gasteiger partial charge in [0.25, 0.3) is 0 Å². The van der Waals surface area contributed by atoms with Crippen LogP contribution < -0.4 is 0 Å². The van der Waals surface area contributed by atoms with E-state index in [1.54, 1.807) is 20.8 Å². The molecule has 1 saturated heterocycles. The van der Waals surface area contributed by atoms with Gasteiger partial charge in [-0.1, -0.05) is 38.6 Å². The highest BCUT2D eigenvalue weighted by Gasteiger charge is 2.78. The zero-order valence-electron chi connectivity index (χ0n) is 22.0. The Hall–Kier alpha value is -2.07. The van der Waals surface area contributed by atoms with E-state index in [0.29, 0.717) is 6.42 Å². The number of hydrogen-bond acceptors (Lipinski definition) is 8. The number of aliphatic hydroxyl groups is 1. The molecule has 0 aromatic carbocycles. The normalized spacial score (nSPS) is 47.5. The lowest BCUT2D eigenvalue weighted by Crippen LogP contribution is -2.70. The number of esters is 2. The summed E-state index contributed by atoms with van der Waals surface area (Å²) in [5, 5.41) is 10.3. The number of ether oxygens (including phenoxy) is 2. The number of rotatable bonds is 4. The SMILES string of the molecule is CCC(=O)OC1(C(=O)SC2CCOC2=O)C(C)CC2C3CC(F)C4=CC(=O)C=CC4(C)C3(F)C(O)CC21C. The molecule has 1 aliphatic heterocycles. The Bertz CT molecular complexity index is 1150. The number of ketones is 1.